The lowest BCUT2D eigenvalue weighted by Gasteiger charge is -2.10. The molecule has 0 aliphatic heterocycles. The summed E-state index contributed by atoms with van der Waals surface area (Å²) in [5.41, 5.74) is 0. The van der Waals surface area contributed by atoms with Gasteiger partial charge in [-0.1, -0.05) is 30.0 Å². The van der Waals surface area contributed by atoms with Gasteiger partial charge >= 0.3 is 5.97 Å². The van der Waals surface area contributed by atoms with Gasteiger partial charge in [-0.3, -0.25) is 9.36 Å². The molecule has 6 nitrogen and oxygen atoms in total. The highest BCUT2D eigenvalue weighted by Gasteiger charge is 2.15. The molecule has 2 aromatic rings. The first-order valence-electron chi connectivity index (χ1n) is 7.73. The van der Waals surface area contributed by atoms with Crippen molar-refractivity contribution in [2.45, 2.75) is 38.3 Å². The van der Waals surface area contributed by atoms with Crippen molar-refractivity contribution >= 4 is 17.7 Å². The van der Waals surface area contributed by atoms with Crippen LogP contribution in [0.5, 0.6) is 5.75 Å². The summed E-state index contributed by atoms with van der Waals surface area (Å²) >= 11 is 1.22. The molecule has 0 atom stereocenters. The lowest BCUT2D eigenvalue weighted by atomic mass is 10.3. The summed E-state index contributed by atoms with van der Waals surface area (Å²) in [4.78, 5) is 11.7. The molecule has 0 radical (unpaired) electrons. The number of allylic oxidation sites excluding steroid dienone is 1. The number of halogens is 1. The van der Waals surface area contributed by atoms with Gasteiger partial charge in [0.05, 0.1) is 11.9 Å². The third-order valence-electron chi connectivity index (χ3n) is 2.98. The average Bonchev–Trinajstić information content (AvgIpc) is 2.94. The molecule has 0 unspecified atom stereocenters. The number of benzene rings is 1. The fourth-order valence-corrected chi connectivity index (χ4v) is 2.72. The van der Waals surface area contributed by atoms with Gasteiger partial charge in [0.1, 0.15) is 6.61 Å². The largest absolute Gasteiger partial charge is 0.483 e. The molecule has 0 aliphatic carbocycles. The number of para-hydroxylation sites is 1. The van der Waals surface area contributed by atoms with Crippen LogP contribution in [-0.4, -0.2) is 32.6 Å². The third-order valence-corrected chi connectivity index (χ3v) is 3.93. The lowest BCUT2D eigenvalue weighted by molar-refractivity contribution is -0.144. The number of thioether (sulfide) groups is 1. The Balaban J connectivity index is 2.04. The monoisotopic (exact) mass is 365 g/mol. The van der Waals surface area contributed by atoms with Gasteiger partial charge in [-0.15, -0.1) is 16.8 Å². The molecular weight excluding hydrogens is 345 g/mol. The van der Waals surface area contributed by atoms with E-state index >= 15 is 0 Å². The van der Waals surface area contributed by atoms with E-state index in [1.54, 1.807) is 42.7 Å². The summed E-state index contributed by atoms with van der Waals surface area (Å²) in [5.74, 6) is 0.0237. The summed E-state index contributed by atoms with van der Waals surface area (Å²) < 4.78 is 25.9. The lowest BCUT2D eigenvalue weighted by Crippen LogP contribution is -2.14. The van der Waals surface area contributed by atoms with E-state index < -0.39 is 5.82 Å². The second-order valence-corrected chi connectivity index (χ2v) is 6.29. The molecule has 1 heterocycles. The van der Waals surface area contributed by atoms with Crippen LogP contribution in [0.4, 0.5) is 4.39 Å². The normalized spacial score (nSPS) is 10.7. The molecule has 0 saturated heterocycles. The zero-order chi connectivity index (χ0) is 18.2. The molecule has 8 heteroatoms. The molecule has 0 amide bonds. The summed E-state index contributed by atoms with van der Waals surface area (Å²) in [5, 5.41) is 8.68. The maximum Gasteiger partial charge on any atom is 0.316 e. The minimum atomic E-state index is -0.441. The number of esters is 1. The first kappa shape index (κ1) is 19.0. The van der Waals surface area contributed by atoms with Crippen molar-refractivity contribution in [3.8, 4) is 5.75 Å². The number of hydrogen-bond acceptors (Lipinski definition) is 6. The number of carbonyl (C=O) groups is 1. The van der Waals surface area contributed by atoms with E-state index in [1.165, 1.54) is 17.8 Å². The minimum Gasteiger partial charge on any atom is -0.483 e. The van der Waals surface area contributed by atoms with Gasteiger partial charge in [-0.25, -0.2) is 4.39 Å². The van der Waals surface area contributed by atoms with Crippen molar-refractivity contribution < 1.29 is 18.7 Å². The minimum absolute atomic E-state index is 0.0543. The number of nitrogens with zero attached hydrogens (tertiary/aromatic N) is 3. The summed E-state index contributed by atoms with van der Waals surface area (Å²) in [7, 11) is 0. The van der Waals surface area contributed by atoms with Crippen LogP contribution in [0.15, 0.2) is 42.1 Å². The number of ether oxygens (including phenoxy) is 2. The second-order valence-electron chi connectivity index (χ2n) is 5.34. The second kappa shape index (κ2) is 9.22. The molecule has 0 N–H and O–H groups in total. The molecule has 134 valence electrons. The Morgan fingerprint density at radius 2 is 2.16 bits per heavy atom. The van der Waals surface area contributed by atoms with Gasteiger partial charge in [0.25, 0.3) is 0 Å². The van der Waals surface area contributed by atoms with Crippen LogP contribution in [-0.2, 0) is 22.7 Å². The summed E-state index contributed by atoms with van der Waals surface area (Å²) in [6.45, 7) is 7.80. The highest BCUT2D eigenvalue weighted by Crippen LogP contribution is 2.20. The van der Waals surface area contributed by atoms with Gasteiger partial charge in [0.15, 0.2) is 22.5 Å². The maximum atomic E-state index is 13.6. The van der Waals surface area contributed by atoms with Crippen molar-refractivity contribution in [2.75, 3.05) is 5.75 Å². The topological polar surface area (TPSA) is 66.2 Å². The third kappa shape index (κ3) is 5.60. The van der Waals surface area contributed by atoms with Crippen molar-refractivity contribution in [1.82, 2.24) is 14.8 Å². The Labute approximate surface area is 150 Å². The van der Waals surface area contributed by atoms with E-state index in [-0.39, 0.29) is 30.2 Å². The van der Waals surface area contributed by atoms with E-state index in [2.05, 4.69) is 16.8 Å². The van der Waals surface area contributed by atoms with E-state index in [1.807, 2.05) is 0 Å². The smallest absolute Gasteiger partial charge is 0.316 e. The molecule has 0 aliphatic rings. The molecule has 0 spiro atoms. The zero-order valence-corrected chi connectivity index (χ0v) is 15.0. The Bertz CT molecular complexity index is 734. The predicted octanol–water partition coefficient (Wildman–Crippen LogP) is 3.23. The highest BCUT2D eigenvalue weighted by atomic mass is 32.2. The number of rotatable bonds is 9. The number of aromatic nitrogens is 3. The van der Waals surface area contributed by atoms with E-state index in [0.717, 1.165) is 0 Å². The van der Waals surface area contributed by atoms with Crippen molar-refractivity contribution in [2.24, 2.45) is 0 Å². The van der Waals surface area contributed by atoms with Gasteiger partial charge in [0, 0.05) is 6.54 Å². The molecule has 0 fully saturated rings. The van der Waals surface area contributed by atoms with E-state index in [4.69, 9.17) is 9.47 Å². The van der Waals surface area contributed by atoms with Gasteiger partial charge < -0.3 is 9.47 Å². The van der Waals surface area contributed by atoms with Crippen LogP contribution >= 0.6 is 11.8 Å². The Morgan fingerprint density at radius 3 is 2.84 bits per heavy atom. The summed E-state index contributed by atoms with van der Waals surface area (Å²) in [6, 6.07) is 6.15. The molecule has 1 aromatic heterocycles. The van der Waals surface area contributed by atoms with Crippen LogP contribution in [0, 0.1) is 5.82 Å². The standard InChI is InChI=1S/C17H20FN3O3S/c1-4-9-21-15(10-23-14-8-6-5-7-13(14)18)19-20-17(21)25-11-16(22)24-12(2)3/h4-8,12H,1,9-11H2,2-3H3. The van der Waals surface area contributed by atoms with Crippen LogP contribution in [0.1, 0.15) is 19.7 Å². The Hall–Kier alpha value is -2.35. The van der Waals surface area contributed by atoms with Crippen LogP contribution in [0.25, 0.3) is 0 Å². The van der Waals surface area contributed by atoms with Crippen LogP contribution in [0.2, 0.25) is 0 Å². The fraction of sp³-hybridized carbons (Fsp3) is 0.353. The molecular formula is C17H20FN3O3S. The van der Waals surface area contributed by atoms with E-state index in [0.29, 0.717) is 17.5 Å². The Kier molecular flexibility index (Phi) is 7.00. The van der Waals surface area contributed by atoms with Gasteiger partial charge in [0.2, 0.25) is 0 Å². The average molecular weight is 365 g/mol. The van der Waals surface area contributed by atoms with Crippen LogP contribution in [0.3, 0.4) is 0 Å². The van der Waals surface area contributed by atoms with Gasteiger partial charge in [-0.2, -0.15) is 0 Å². The highest BCUT2D eigenvalue weighted by molar-refractivity contribution is 7.99. The quantitative estimate of drug-likeness (QED) is 0.386. The van der Waals surface area contributed by atoms with Crippen molar-refractivity contribution in [3.05, 3.63) is 48.6 Å². The van der Waals surface area contributed by atoms with Crippen molar-refractivity contribution in [1.29, 1.82) is 0 Å². The molecule has 2 rings (SSSR count). The summed E-state index contributed by atoms with van der Waals surface area (Å²) in [6.07, 6.45) is 1.52. The maximum absolute atomic E-state index is 13.6. The van der Waals surface area contributed by atoms with Crippen molar-refractivity contribution in [3.63, 3.8) is 0 Å². The molecule has 0 bridgehead atoms. The number of carbonyl (C=O) groups excluding carboxylic acids is 1. The first-order valence-corrected chi connectivity index (χ1v) is 8.72. The Morgan fingerprint density at radius 1 is 1.40 bits per heavy atom. The fourth-order valence-electron chi connectivity index (χ4n) is 1.97. The first-order chi connectivity index (χ1) is 12.0. The van der Waals surface area contributed by atoms with Crippen LogP contribution < -0.4 is 4.74 Å². The van der Waals surface area contributed by atoms with Gasteiger partial charge in [-0.05, 0) is 26.0 Å². The molecule has 25 heavy (non-hydrogen) atoms. The van der Waals surface area contributed by atoms with E-state index in [9.17, 15) is 9.18 Å². The SMILES string of the molecule is C=CCn1c(COc2ccccc2F)nnc1SCC(=O)OC(C)C. The predicted molar refractivity (Wildman–Crippen MR) is 92.9 cm³/mol. The molecule has 0 saturated carbocycles. The zero-order valence-electron chi connectivity index (χ0n) is 14.1. The number of hydrogen-bond donors (Lipinski definition) is 0. The molecule has 1 aromatic carbocycles.